The van der Waals surface area contributed by atoms with E-state index in [1.165, 1.54) is 16.3 Å². The van der Waals surface area contributed by atoms with Crippen LogP contribution in [0.1, 0.15) is 59.4 Å². The second-order valence-corrected chi connectivity index (χ2v) is 9.61. The minimum absolute atomic E-state index is 0.0116. The van der Waals surface area contributed by atoms with Gasteiger partial charge in [-0.2, -0.15) is 0 Å². The topological polar surface area (TPSA) is 58.2 Å². The van der Waals surface area contributed by atoms with Gasteiger partial charge in [0, 0.05) is 36.8 Å². The highest BCUT2D eigenvalue weighted by Gasteiger charge is 2.21. The van der Waals surface area contributed by atoms with Crippen LogP contribution in [0.4, 0.5) is 0 Å². The first-order valence-electron chi connectivity index (χ1n) is 10.6. The first-order chi connectivity index (χ1) is 14.1. The van der Waals surface area contributed by atoms with Gasteiger partial charge in [0.1, 0.15) is 5.78 Å². The van der Waals surface area contributed by atoms with E-state index in [4.69, 9.17) is 12.2 Å². The summed E-state index contributed by atoms with van der Waals surface area (Å²) in [7, 11) is 0. The molecule has 30 heavy (non-hydrogen) atoms. The fourth-order valence-electron chi connectivity index (χ4n) is 3.39. The molecule has 2 aromatic rings. The van der Waals surface area contributed by atoms with E-state index in [0.29, 0.717) is 30.8 Å². The zero-order valence-corrected chi connectivity index (χ0v) is 19.6. The predicted octanol–water partition coefficient (Wildman–Crippen LogP) is 5.18. The van der Waals surface area contributed by atoms with Crippen LogP contribution in [-0.4, -0.2) is 22.2 Å². The monoisotopic (exact) mass is 426 g/mol. The smallest absolute Gasteiger partial charge is 0.220 e. The van der Waals surface area contributed by atoms with Gasteiger partial charge in [-0.25, -0.2) is 0 Å². The summed E-state index contributed by atoms with van der Waals surface area (Å²) in [6, 6.07) is 14.5. The van der Waals surface area contributed by atoms with Gasteiger partial charge in [-0.15, -0.1) is 0 Å². The predicted molar refractivity (Wildman–Crippen MR) is 128 cm³/mol. The number of fused-ring (bicyclic) bond motifs is 1. The lowest BCUT2D eigenvalue weighted by Crippen LogP contribution is -2.40. The molecule has 2 aromatic carbocycles. The Hall–Kier alpha value is -2.27. The van der Waals surface area contributed by atoms with Crippen LogP contribution in [0.25, 0.3) is 10.8 Å². The van der Waals surface area contributed by atoms with Gasteiger partial charge < -0.3 is 10.6 Å². The number of carbonyl (C=O) groups is 2. The second kappa shape index (κ2) is 10.7. The van der Waals surface area contributed by atoms with Gasteiger partial charge in [-0.1, -0.05) is 68.5 Å². The summed E-state index contributed by atoms with van der Waals surface area (Å²) in [6.07, 6.45) is 1.31. The summed E-state index contributed by atoms with van der Waals surface area (Å²) in [4.78, 5) is 25.3. The minimum Gasteiger partial charge on any atom is -0.375 e. The average molecular weight is 427 g/mol. The fraction of sp³-hybridized carbons (Fsp3) is 0.480. The summed E-state index contributed by atoms with van der Waals surface area (Å²) in [5.74, 6) is -0.0461. The lowest BCUT2D eigenvalue weighted by molar-refractivity contribution is -0.124. The minimum atomic E-state index is -0.249. The molecule has 0 heterocycles. The van der Waals surface area contributed by atoms with E-state index >= 15 is 0 Å². The third kappa shape index (κ3) is 7.52. The summed E-state index contributed by atoms with van der Waals surface area (Å²) < 4.78 is 0. The van der Waals surface area contributed by atoms with E-state index in [0.717, 1.165) is 0 Å². The van der Waals surface area contributed by atoms with Crippen molar-refractivity contribution in [3.05, 3.63) is 48.0 Å². The Morgan fingerprint density at radius 3 is 2.37 bits per heavy atom. The molecule has 0 spiro atoms. The Morgan fingerprint density at radius 2 is 1.67 bits per heavy atom. The van der Waals surface area contributed by atoms with Gasteiger partial charge in [0.2, 0.25) is 5.91 Å². The van der Waals surface area contributed by atoms with Crippen molar-refractivity contribution in [1.82, 2.24) is 10.6 Å². The quantitative estimate of drug-likeness (QED) is 0.542. The van der Waals surface area contributed by atoms with Crippen LogP contribution in [0.3, 0.4) is 0 Å². The van der Waals surface area contributed by atoms with Crippen molar-refractivity contribution in [3.8, 4) is 0 Å². The van der Waals surface area contributed by atoms with Crippen molar-refractivity contribution in [2.45, 2.75) is 66.0 Å². The van der Waals surface area contributed by atoms with E-state index in [-0.39, 0.29) is 29.1 Å². The lowest BCUT2D eigenvalue weighted by Gasteiger charge is -2.21. The molecule has 2 rings (SSSR count). The highest BCUT2D eigenvalue weighted by atomic mass is 32.1. The van der Waals surface area contributed by atoms with Crippen LogP contribution in [-0.2, 0) is 16.1 Å². The highest BCUT2D eigenvalue weighted by molar-refractivity contribution is 7.80. The Labute approximate surface area is 185 Å². The van der Waals surface area contributed by atoms with Gasteiger partial charge in [-0.3, -0.25) is 9.59 Å². The number of hydrogen-bond acceptors (Lipinski definition) is 3. The SMILES string of the molecule is C[C@H](CC(=O)[C@@H](C)CCC(=O)NC(C)(C)C)C(=S)NCc1cccc2ccccc12. The summed E-state index contributed by atoms with van der Waals surface area (Å²) in [5.41, 5.74) is 0.938. The number of Topliss-reactive ketones (excluding diaryl/α,β-unsaturated/α-hetero) is 1. The second-order valence-electron chi connectivity index (χ2n) is 9.17. The van der Waals surface area contributed by atoms with E-state index in [1.807, 2.05) is 52.8 Å². The molecular weight excluding hydrogens is 392 g/mol. The maximum atomic E-state index is 12.6. The van der Waals surface area contributed by atoms with Crippen LogP contribution in [0, 0.1) is 11.8 Å². The number of amides is 1. The Balaban J connectivity index is 1.81. The van der Waals surface area contributed by atoms with Crippen molar-refractivity contribution in [2.75, 3.05) is 0 Å². The first kappa shape index (κ1) is 24.0. The van der Waals surface area contributed by atoms with Crippen molar-refractivity contribution in [3.63, 3.8) is 0 Å². The molecule has 0 aliphatic heterocycles. The molecule has 2 atom stereocenters. The van der Waals surface area contributed by atoms with Gasteiger partial charge >= 0.3 is 0 Å². The molecule has 0 saturated carbocycles. The van der Waals surface area contributed by atoms with Crippen molar-refractivity contribution < 1.29 is 9.59 Å². The average Bonchev–Trinajstić information content (AvgIpc) is 2.68. The maximum Gasteiger partial charge on any atom is 0.220 e. The molecular formula is C25H34N2O2S. The molecule has 0 aromatic heterocycles. The van der Waals surface area contributed by atoms with E-state index in [1.54, 1.807) is 0 Å². The lowest BCUT2D eigenvalue weighted by atomic mass is 9.92. The number of rotatable bonds is 9. The number of carbonyl (C=O) groups excluding carboxylic acids is 2. The number of thiocarbonyl (C=S) groups is 1. The molecule has 5 heteroatoms. The van der Waals surface area contributed by atoms with Gasteiger partial charge in [0.15, 0.2) is 0 Å². The zero-order valence-electron chi connectivity index (χ0n) is 18.7. The van der Waals surface area contributed by atoms with E-state index in [9.17, 15) is 9.59 Å². The largest absolute Gasteiger partial charge is 0.375 e. The van der Waals surface area contributed by atoms with Crippen LogP contribution < -0.4 is 10.6 Å². The van der Waals surface area contributed by atoms with E-state index < -0.39 is 0 Å². The van der Waals surface area contributed by atoms with Crippen LogP contribution in [0.2, 0.25) is 0 Å². The van der Waals surface area contributed by atoms with Crippen molar-refractivity contribution in [1.29, 1.82) is 0 Å². The van der Waals surface area contributed by atoms with Gasteiger partial charge in [0.25, 0.3) is 0 Å². The molecule has 0 radical (unpaired) electrons. The third-order valence-corrected chi connectivity index (χ3v) is 5.70. The fourth-order valence-corrected chi connectivity index (χ4v) is 3.54. The third-order valence-electron chi connectivity index (χ3n) is 5.16. The molecule has 0 saturated heterocycles. The van der Waals surface area contributed by atoms with Crippen molar-refractivity contribution in [2.24, 2.45) is 11.8 Å². The van der Waals surface area contributed by atoms with E-state index in [2.05, 4.69) is 34.9 Å². The van der Waals surface area contributed by atoms with Crippen LogP contribution >= 0.6 is 12.2 Å². The molecule has 162 valence electrons. The van der Waals surface area contributed by atoms with Crippen molar-refractivity contribution >= 4 is 39.7 Å². The molecule has 0 bridgehead atoms. The number of ketones is 1. The molecule has 2 N–H and O–H groups in total. The summed E-state index contributed by atoms with van der Waals surface area (Å²) in [5, 5.41) is 8.68. The molecule has 4 nitrogen and oxygen atoms in total. The maximum absolute atomic E-state index is 12.6. The zero-order chi connectivity index (χ0) is 22.3. The Morgan fingerprint density at radius 1 is 1.00 bits per heavy atom. The Bertz CT molecular complexity index is 896. The number of nitrogens with one attached hydrogen (secondary N) is 2. The summed E-state index contributed by atoms with van der Waals surface area (Å²) >= 11 is 5.54. The Kier molecular flexibility index (Phi) is 8.54. The molecule has 0 aliphatic carbocycles. The molecule has 0 aliphatic rings. The number of benzene rings is 2. The standard InChI is InChI=1S/C25H34N2O2S/c1-17(13-14-23(29)27-25(3,4)5)22(28)15-18(2)24(30)26-16-20-11-8-10-19-9-6-7-12-21(19)20/h6-12,17-18H,13-16H2,1-5H3,(H,26,30)(H,27,29)/t17-,18+/m0/s1. The van der Waals surface area contributed by atoms with Gasteiger partial charge in [0.05, 0.1) is 4.99 Å². The van der Waals surface area contributed by atoms with Gasteiger partial charge in [-0.05, 0) is 43.5 Å². The van der Waals surface area contributed by atoms with Crippen LogP contribution in [0.5, 0.6) is 0 Å². The molecule has 0 unspecified atom stereocenters. The molecule has 1 amide bonds. The number of hydrogen-bond donors (Lipinski definition) is 2. The first-order valence-corrected chi connectivity index (χ1v) is 11.1. The normalized spacial score (nSPS) is 13.5. The molecule has 0 fully saturated rings. The van der Waals surface area contributed by atoms with Crippen LogP contribution in [0.15, 0.2) is 42.5 Å². The summed E-state index contributed by atoms with van der Waals surface area (Å²) in [6.45, 7) is 10.4. The highest BCUT2D eigenvalue weighted by Crippen LogP contribution is 2.19.